The number of methoxy groups -OCH3 is 1. The van der Waals surface area contributed by atoms with Gasteiger partial charge in [-0.05, 0) is 48.5 Å². The second-order valence-corrected chi connectivity index (χ2v) is 6.93. The lowest BCUT2D eigenvalue weighted by Crippen LogP contribution is -2.48. The van der Waals surface area contributed by atoms with Crippen LogP contribution in [0.5, 0.6) is 5.75 Å². The molecule has 0 aliphatic carbocycles. The molecule has 2 aromatic rings. The summed E-state index contributed by atoms with van der Waals surface area (Å²) in [6, 6.07) is 12.6. The summed E-state index contributed by atoms with van der Waals surface area (Å²) in [7, 11) is 1.65. The van der Waals surface area contributed by atoms with E-state index < -0.39 is 0 Å². The largest absolute Gasteiger partial charge is 0.497 e. The Morgan fingerprint density at radius 3 is 2.46 bits per heavy atom. The number of hydrogen-bond acceptors (Lipinski definition) is 3. The summed E-state index contributed by atoms with van der Waals surface area (Å²) in [6.45, 7) is 2.79. The summed E-state index contributed by atoms with van der Waals surface area (Å²) in [5, 5.41) is 0. The maximum atomic E-state index is 13.7. The van der Waals surface area contributed by atoms with Gasteiger partial charge in [-0.15, -0.1) is 0 Å². The van der Waals surface area contributed by atoms with Crippen molar-refractivity contribution in [3.05, 3.63) is 64.4 Å². The van der Waals surface area contributed by atoms with Crippen LogP contribution in [0.4, 0.5) is 10.1 Å². The standard InChI is InChI=1S/C20H20BrFN2O2/c1-26-18-6-4-17(5-7-18)23-10-12-24(13-11-23)20(25)9-2-15-14-16(21)3-8-19(15)22/h2-9,14H,10-13H2,1H3/b9-2+. The van der Waals surface area contributed by atoms with Crippen molar-refractivity contribution >= 4 is 33.6 Å². The van der Waals surface area contributed by atoms with Crippen molar-refractivity contribution in [2.24, 2.45) is 0 Å². The average Bonchev–Trinajstić information content (AvgIpc) is 2.68. The molecule has 26 heavy (non-hydrogen) atoms. The molecule has 0 bridgehead atoms. The molecular weight excluding hydrogens is 399 g/mol. The quantitative estimate of drug-likeness (QED) is 0.704. The van der Waals surface area contributed by atoms with Gasteiger partial charge in [0, 0.05) is 48.0 Å². The first-order chi connectivity index (χ1) is 12.6. The van der Waals surface area contributed by atoms with E-state index in [1.165, 1.54) is 18.2 Å². The van der Waals surface area contributed by atoms with Gasteiger partial charge in [0.15, 0.2) is 0 Å². The molecule has 0 atom stereocenters. The number of benzene rings is 2. The maximum absolute atomic E-state index is 13.7. The van der Waals surface area contributed by atoms with Crippen molar-refractivity contribution in [1.29, 1.82) is 0 Å². The Bertz CT molecular complexity index is 800. The number of anilines is 1. The summed E-state index contributed by atoms with van der Waals surface area (Å²) in [5.41, 5.74) is 1.51. The third-order valence-electron chi connectivity index (χ3n) is 4.39. The van der Waals surface area contributed by atoms with E-state index in [9.17, 15) is 9.18 Å². The molecule has 1 amide bonds. The number of ether oxygens (including phenoxy) is 1. The highest BCUT2D eigenvalue weighted by Crippen LogP contribution is 2.21. The summed E-state index contributed by atoms with van der Waals surface area (Å²) < 4.78 is 19.7. The van der Waals surface area contributed by atoms with Crippen LogP contribution in [0.25, 0.3) is 6.08 Å². The number of nitrogens with zero attached hydrogens (tertiary/aromatic N) is 2. The molecule has 0 saturated carbocycles. The molecule has 1 saturated heterocycles. The van der Waals surface area contributed by atoms with E-state index in [2.05, 4.69) is 20.8 Å². The monoisotopic (exact) mass is 418 g/mol. The Balaban J connectivity index is 1.57. The Hall–Kier alpha value is -2.34. The van der Waals surface area contributed by atoms with E-state index in [4.69, 9.17) is 4.74 Å². The SMILES string of the molecule is COc1ccc(N2CCN(C(=O)/C=C/c3cc(Br)ccc3F)CC2)cc1. The van der Waals surface area contributed by atoms with Gasteiger partial charge in [-0.1, -0.05) is 15.9 Å². The molecule has 0 radical (unpaired) electrons. The third kappa shape index (κ3) is 4.43. The van der Waals surface area contributed by atoms with Crippen LogP contribution in [-0.2, 0) is 4.79 Å². The summed E-state index contributed by atoms with van der Waals surface area (Å²) in [4.78, 5) is 16.4. The van der Waals surface area contributed by atoms with E-state index in [0.29, 0.717) is 18.7 Å². The summed E-state index contributed by atoms with van der Waals surface area (Å²) >= 11 is 3.31. The molecule has 1 fully saturated rings. The highest BCUT2D eigenvalue weighted by atomic mass is 79.9. The third-order valence-corrected chi connectivity index (χ3v) is 4.89. The fourth-order valence-electron chi connectivity index (χ4n) is 2.89. The zero-order valence-corrected chi connectivity index (χ0v) is 16.1. The second kappa shape index (κ2) is 8.36. The summed E-state index contributed by atoms with van der Waals surface area (Å²) in [6.07, 6.45) is 2.96. The predicted octanol–water partition coefficient (Wildman–Crippen LogP) is 3.96. The van der Waals surface area contributed by atoms with Gasteiger partial charge >= 0.3 is 0 Å². The number of rotatable bonds is 4. The van der Waals surface area contributed by atoms with Crippen molar-refractivity contribution in [3.8, 4) is 5.75 Å². The van der Waals surface area contributed by atoms with Crippen molar-refractivity contribution in [1.82, 2.24) is 4.90 Å². The number of piperazine rings is 1. The van der Waals surface area contributed by atoms with Crippen LogP contribution < -0.4 is 9.64 Å². The molecule has 6 heteroatoms. The van der Waals surface area contributed by atoms with Crippen LogP contribution in [0.2, 0.25) is 0 Å². The lowest BCUT2D eigenvalue weighted by Gasteiger charge is -2.35. The van der Waals surface area contributed by atoms with Gasteiger partial charge in [0.1, 0.15) is 11.6 Å². The minimum atomic E-state index is -0.346. The smallest absolute Gasteiger partial charge is 0.246 e. The molecule has 0 spiro atoms. The molecule has 1 aliphatic rings. The second-order valence-electron chi connectivity index (χ2n) is 6.01. The molecule has 1 heterocycles. The van der Waals surface area contributed by atoms with Gasteiger partial charge in [0.2, 0.25) is 5.91 Å². The van der Waals surface area contributed by atoms with Gasteiger partial charge in [-0.2, -0.15) is 0 Å². The number of halogens is 2. The maximum Gasteiger partial charge on any atom is 0.246 e. The molecule has 0 unspecified atom stereocenters. The lowest BCUT2D eigenvalue weighted by molar-refractivity contribution is -0.126. The average molecular weight is 419 g/mol. The topological polar surface area (TPSA) is 32.8 Å². The molecule has 2 aromatic carbocycles. The zero-order chi connectivity index (χ0) is 18.5. The number of hydrogen-bond donors (Lipinski definition) is 0. The van der Waals surface area contributed by atoms with E-state index >= 15 is 0 Å². The first kappa shape index (κ1) is 18.5. The highest BCUT2D eigenvalue weighted by Gasteiger charge is 2.19. The highest BCUT2D eigenvalue weighted by molar-refractivity contribution is 9.10. The minimum Gasteiger partial charge on any atom is -0.497 e. The number of carbonyl (C=O) groups excluding carboxylic acids is 1. The number of amides is 1. The molecule has 3 rings (SSSR count). The Morgan fingerprint density at radius 2 is 1.81 bits per heavy atom. The van der Waals surface area contributed by atoms with Crippen molar-refractivity contribution in [3.63, 3.8) is 0 Å². The Kier molecular flexibility index (Phi) is 5.93. The molecule has 0 N–H and O–H groups in total. The van der Waals surface area contributed by atoms with E-state index in [0.717, 1.165) is 29.0 Å². The normalized spacial score (nSPS) is 14.7. The van der Waals surface area contributed by atoms with Gasteiger partial charge < -0.3 is 14.5 Å². The van der Waals surface area contributed by atoms with Crippen molar-refractivity contribution in [2.45, 2.75) is 0 Å². The van der Waals surface area contributed by atoms with E-state index in [1.54, 1.807) is 24.1 Å². The first-order valence-electron chi connectivity index (χ1n) is 8.38. The van der Waals surface area contributed by atoms with E-state index in [1.807, 2.05) is 24.3 Å². The first-order valence-corrected chi connectivity index (χ1v) is 9.17. The zero-order valence-electron chi connectivity index (χ0n) is 14.5. The van der Waals surface area contributed by atoms with Gasteiger partial charge in [0.05, 0.1) is 7.11 Å². The lowest BCUT2D eigenvalue weighted by atomic mass is 10.2. The van der Waals surface area contributed by atoms with Crippen LogP contribution in [0.15, 0.2) is 53.0 Å². The van der Waals surface area contributed by atoms with Crippen LogP contribution in [0.1, 0.15) is 5.56 Å². The number of carbonyl (C=O) groups is 1. The molecule has 136 valence electrons. The molecule has 1 aliphatic heterocycles. The Labute approximate surface area is 161 Å². The molecular formula is C20H20BrFN2O2. The van der Waals surface area contributed by atoms with Crippen molar-refractivity contribution < 1.29 is 13.9 Å². The van der Waals surface area contributed by atoms with E-state index in [-0.39, 0.29) is 11.7 Å². The minimum absolute atomic E-state index is 0.0984. The fraction of sp³-hybridized carbons (Fsp3) is 0.250. The Morgan fingerprint density at radius 1 is 1.12 bits per heavy atom. The van der Waals surface area contributed by atoms with Crippen LogP contribution in [-0.4, -0.2) is 44.1 Å². The predicted molar refractivity (Wildman–Crippen MR) is 105 cm³/mol. The van der Waals surface area contributed by atoms with Gasteiger partial charge in [0.25, 0.3) is 0 Å². The fourth-order valence-corrected chi connectivity index (χ4v) is 3.27. The van der Waals surface area contributed by atoms with Crippen LogP contribution >= 0.6 is 15.9 Å². The van der Waals surface area contributed by atoms with Crippen LogP contribution in [0, 0.1) is 5.82 Å². The van der Waals surface area contributed by atoms with Gasteiger partial charge in [-0.25, -0.2) is 4.39 Å². The van der Waals surface area contributed by atoms with Crippen molar-refractivity contribution in [2.75, 3.05) is 38.2 Å². The molecule has 4 nitrogen and oxygen atoms in total. The molecule has 0 aromatic heterocycles. The summed E-state index contributed by atoms with van der Waals surface area (Å²) in [5.74, 6) is 0.382. The van der Waals surface area contributed by atoms with Crippen LogP contribution in [0.3, 0.4) is 0 Å². The van der Waals surface area contributed by atoms with Gasteiger partial charge in [-0.3, -0.25) is 4.79 Å².